The monoisotopic (exact) mass is 265 g/mol. The van der Waals surface area contributed by atoms with Crippen LogP contribution in [0, 0.1) is 13.8 Å². The lowest BCUT2D eigenvalue weighted by molar-refractivity contribution is 1.04. The normalized spacial score (nSPS) is 11.2. The molecule has 0 fully saturated rings. The highest BCUT2D eigenvalue weighted by molar-refractivity contribution is 5.73. The number of fused-ring (bicyclic) bond motifs is 1. The minimum Gasteiger partial charge on any atom is -0.396 e. The van der Waals surface area contributed by atoms with Gasteiger partial charge in [0.2, 0.25) is 0 Å². The van der Waals surface area contributed by atoms with Gasteiger partial charge < -0.3 is 5.73 Å². The highest BCUT2D eigenvalue weighted by atomic mass is 15.0. The summed E-state index contributed by atoms with van der Waals surface area (Å²) in [5, 5.41) is 0. The van der Waals surface area contributed by atoms with Gasteiger partial charge in [-0.15, -0.1) is 0 Å². The SMILES string of the molecule is CCc1ccc(-c2nc3c(N)ccc(C)n3c2C)cc1. The quantitative estimate of drug-likeness (QED) is 0.766. The Kier molecular flexibility index (Phi) is 2.97. The smallest absolute Gasteiger partial charge is 0.161 e. The van der Waals surface area contributed by atoms with Crippen molar-refractivity contribution in [3.05, 3.63) is 53.3 Å². The van der Waals surface area contributed by atoms with Crippen molar-refractivity contribution in [2.24, 2.45) is 0 Å². The molecule has 102 valence electrons. The summed E-state index contributed by atoms with van der Waals surface area (Å²) in [5.41, 5.74) is 13.4. The molecule has 0 bridgehead atoms. The molecule has 0 aliphatic heterocycles. The van der Waals surface area contributed by atoms with Crippen LogP contribution in [0.15, 0.2) is 36.4 Å². The van der Waals surface area contributed by atoms with E-state index in [9.17, 15) is 0 Å². The minimum atomic E-state index is 0.718. The highest BCUT2D eigenvalue weighted by Crippen LogP contribution is 2.27. The van der Waals surface area contributed by atoms with E-state index < -0.39 is 0 Å². The van der Waals surface area contributed by atoms with E-state index in [0.717, 1.165) is 40.4 Å². The Morgan fingerprint density at radius 1 is 1.05 bits per heavy atom. The summed E-state index contributed by atoms with van der Waals surface area (Å²) in [7, 11) is 0. The summed E-state index contributed by atoms with van der Waals surface area (Å²) in [6, 6.07) is 12.5. The standard InChI is InChI=1S/C17H19N3/c1-4-13-6-8-14(9-7-13)16-12(3)20-11(2)5-10-15(18)17(20)19-16/h5-10H,4,18H2,1-3H3. The van der Waals surface area contributed by atoms with Crippen LogP contribution in [0.2, 0.25) is 0 Å². The number of rotatable bonds is 2. The third-order valence-electron chi connectivity index (χ3n) is 3.86. The zero-order valence-electron chi connectivity index (χ0n) is 12.1. The number of nitrogens with two attached hydrogens (primary N) is 1. The first-order valence-corrected chi connectivity index (χ1v) is 6.95. The van der Waals surface area contributed by atoms with E-state index in [2.05, 4.69) is 49.4 Å². The Balaban J connectivity index is 2.23. The number of nitrogens with zero attached hydrogens (tertiary/aromatic N) is 2. The maximum Gasteiger partial charge on any atom is 0.161 e. The van der Waals surface area contributed by atoms with Crippen molar-refractivity contribution in [3.63, 3.8) is 0 Å². The molecule has 2 N–H and O–H groups in total. The molecule has 2 aromatic heterocycles. The predicted molar refractivity (Wildman–Crippen MR) is 83.9 cm³/mol. The summed E-state index contributed by atoms with van der Waals surface area (Å²) in [6.07, 6.45) is 1.05. The van der Waals surface area contributed by atoms with Gasteiger partial charge in [0, 0.05) is 17.0 Å². The molecule has 3 aromatic rings. The second-order valence-electron chi connectivity index (χ2n) is 5.19. The summed E-state index contributed by atoms with van der Waals surface area (Å²) < 4.78 is 2.12. The fraction of sp³-hybridized carbons (Fsp3) is 0.235. The predicted octanol–water partition coefficient (Wildman–Crippen LogP) is 3.76. The van der Waals surface area contributed by atoms with E-state index in [-0.39, 0.29) is 0 Å². The summed E-state index contributed by atoms with van der Waals surface area (Å²) in [5.74, 6) is 0. The average Bonchev–Trinajstić information content (AvgIpc) is 2.82. The molecule has 0 unspecified atom stereocenters. The lowest BCUT2D eigenvalue weighted by atomic mass is 10.1. The second kappa shape index (κ2) is 4.67. The van der Waals surface area contributed by atoms with E-state index in [4.69, 9.17) is 10.7 Å². The van der Waals surface area contributed by atoms with Gasteiger partial charge in [-0.05, 0) is 38.0 Å². The topological polar surface area (TPSA) is 43.3 Å². The van der Waals surface area contributed by atoms with Crippen molar-refractivity contribution in [1.82, 2.24) is 9.38 Å². The summed E-state index contributed by atoms with van der Waals surface area (Å²) in [4.78, 5) is 4.74. The Labute approximate surface area is 119 Å². The lowest BCUT2D eigenvalue weighted by Gasteiger charge is -2.04. The van der Waals surface area contributed by atoms with E-state index in [1.165, 1.54) is 5.56 Å². The van der Waals surface area contributed by atoms with Crippen LogP contribution < -0.4 is 5.73 Å². The van der Waals surface area contributed by atoms with E-state index in [0.29, 0.717) is 0 Å². The first-order chi connectivity index (χ1) is 9.61. The molecule has 20 heavy (non-hydrogen) atoms. The number of aryl methyl sites for hydroxylation is 3. The Morgan fingerprint density at radius 3 is 2.35 bits per heavy atom. The van der Waals surface area contributed by atoms with Crippen molar-refractivity contribution < 1.29 is 0 Å². The van der Waals surface area contributed by atoms with Gasteiger partial charge in [0.1, 0.15) is 0 Å². The number of nitrogen functional groups attached to an aromatic ring is 1. The zero-order chi connectivity index (χ0) is 14.3. The number of pyridine rings is 1. The van der Waals surface area contributed by atoms with Gasteiger partial charge in [0.15, 0.2) is 5.65 Å². The molecule has 0 amide bonds. The van der Waals surface area contributed by atoms with Gasteiger partial charge in [0.05, 0.1) is 11.4 Å². The molecule has 0 aliphatic carbocycles. The second-order valence-corrected chi connectivity index (χ2v) is 5.19. The number of benzene rings is 1. The maximum atomic E-state index is 6.05. The van der Waals surface area contributed by atoms with Crippen molar-refractivity contribution in [1.29, 1.82) is 0 Å². The molecule has 0 radical (unpaired) electrons. The van der Waals surface area contributed by atoms with E-state index in [1.807, 2.05) is 12.1 Å². The average molecular weight is 265 g/mol. The summed E-state index contributed by atoms with van der Waals surface area (Å²) >= 11 is 0. The molecule has 2 heterocycles. The number of hydrogen-bond donors (Lipinski definition) is 1. The number of aromatic nitrogens is 2. The number of anilines is 1. The van der Waals surface area contributed by atoms with Gasteiger partial charge in [-0.2, -0.15) is 0 Å². The van der Waals surface area contributed by atoms with Crippen molar-refractivity contribution in [2.75, 3.05) is 5.73 Å². The largest absolute Gasteiger partial charge is 0.396 e. The molecule has 3 nitrogen and oxygen atoms in total. The van der Waals surface area contributed by atoms with Gasteiger partial charge >= 0.3 is 0 Å². The van der Waals surface area contributed by atoms with Gasteiger partial charge in [-0.1, -0.05) is 31.2 Å². The van der Waals surface area contributed by atoms with Crippen LogP contribution in [-0.4, -0.2) is 9.38 Å². The molecule has 0 atom stereocenters. The molecule has 0 aliphatic rings. The van der Waals surface area contributed by atoms with Crippen LogP contribution in [0.1, 0.15) is 23.9 Å². The van der Waals surface area contributed by atoms with Crippen LogP contribution in [0.25, 0.3) is 16.9 Å². The van der Waals surface area contributed by atoms with Gasteiger partial charge in [0.25, 0.3) is 0 Å². The van der Waals surface area contributed by atoms with Crippen molar-refractivity contribution >= 4 is 11.3 Å². The lowest BCUT2D eigenvalue weighted by Crippen LogP contribution is -1.97. The molecule has 3 rings (SSSR count). The highest BCUT2D eigenvalue weighted by Gasteiger charge is 2.13. The van der Waals surface area contributed by atoms with Crippen molar-refractivity contribution in [3.8, 4) is 11.3 Å². The van der Waals surface area contributed by atoms with Crippen molar-refractivity contribution in [2.45, 2.75) is 27.2 Å². The Bertz CT molecular complexity index is 767. The number of imidazole rings is 1. The fourth-order valence-corrected chi connectivity index (χ4v) is 2.66. The third kappa shape index (κ3) is 1.86. The van der Waals surface area contributed by atoms with Crippen LogP contribution in [-0.2, 0) is 6.42 Å². The van der Waals surface area contributed by atoms with Crippen LogP contribution in [0.5, 0.6) is 0 Å². The third-order valence-corrected chi connectivity index (χ3v) is 3.86. The molecule has 0 saturated heterocycles. The fourth-order valence-electron chi connectivity index (χ4n) is 2.66. The van der Waals surface area contributed by atoms with Gasteiger partial charge in [-0.25, -0.2) is 4.98 Å². The molecule has 0 spiro atoms. The van der Waals surface area contributed by atoms with Crippen LogP contribution >= 0.6 is 0 Å². The molecular weight excluding hydrogens is 246 g/mol. The van der Waals surface area contributed by atoms with Gasteiger partial charge in [-0.3, -0.25) is 4.40 Å². The zero-order valence-corrected chi connectivity index (χ0v) is 12.1. The van der Waals surface area contributed by atoms with E-state index in [1.54, 1.807) is 0 Å². The number of hydrogen-bond acceptors (Lipinski definition) is 2. The maximum absolute atomic E-state index is 6.05. The molecule has 1 aromatic carbocycles. The van der Waals surface area contributed by atoms with E-state index >= 15 is 0 Å². The first-order valence-electron chi connectivity index (χ1n) is 6.95. The first kappa shape index (κ1) is 12.7. The molecule has 3 heteroatoms. The molecule has 0 saturated carbocycles. The molecular formula is C17H19N3. The Hall–Kier alpha value is -2.29. The van der Waals surface area contributed by atoms with Crippen LogP contribution in [0.3, 0.4) is 0 Å². The minimum absolute atomic E-state index is 0.718. The Morgan fingerprint density at radius 2 is 1.75 bits per heavy atom. The summed E-state index contributed by atoms with van der Waals surface area (Å²) in [6.45, 7) is 6.33. The van der Waals surface area contributed by atoms with Crippen LogP contribution in [0.4, 0.5) is 5.69 Å².